The van der Waals surface area contributed by atoms with Crippen molar-refractivity contribution in [3.05, 3.63) is 52.0 Å². The second-order valence-corrected chi connectivity index (χ2v) is 6.55. The number of ether oxygens (including phenoxy) is 2. The van der Waals surface area contributed by atoms with Crippen LogP contribution in [0.25, 0.3) is 0 Å². The predicted molar refractivity (Wildman–Crippen MR) is 98.2 cm³/mol. The fourth-order valence-electron chi connectivity index (χ4n) is 3.26. The summed E-state index contributed by atoms with van der Waals surface area (Å²) in [5.41, 5.74) is 3.14. The molecule has 0 saturated heterocycles. The third-order valence-corrected chi connectivity index (χ3v) is 5.20. The van der Waals surface area contributed by atoms with Crippen LogP contribution in [0.1, 0.15) is 24.0 Å². The number of nitrogens with zero attached hydrogens (tertiary/aromatic N) is 1. The van der Waals surface area contributed by atoms with E-state index in [-0.39, 0.29) is 11.8 Å². The summed E-state index contributed by atoms with van der Waals surface area (Å²) < 4.78 is 11.6. The highest BCUT2D eigenvalue weighted by Crippen LogP contribution is 2.41. The summed E-state index contributed by atoms with van der Waals surface area (Å²) >= 11 is 3.59. The topological polar surface area (TPSA) is 38.8 Å². The number of anilines is 1. The molecule has 0 radical (unpaired) electrons. The number of benzene rings is 2. The number of para-hydroxylation sites is 1. The van der Waals surface area contributed by atoms with Crippen molar-refractivity contribution in [2.75, 3.05) is 25.7 Å². The lowest BCUT2D eigenvalue weighted by molar-refractivity contribution is -0.119. The molecule has 1 heterocycles. The lowest BCUT2D eigenvalue weighted by Crippen LogP contribution is -2.29. The van der Waals surface area contributed by atoms with Crippen molar-refractivity contribution in [3.63, 3.8) is 0 Å². The number of rotatable bonds is 5. The number of fused-ring (bicyclic) bond motifs is 1. The first-order valence-corrected chi connectivity index (χ1v) is 8.70. The van der Waals surface area contributed by atoms with E-state index < -0.39 is 0 Å². The number of halogens is 1. The van der Waals surface area contributed by atoms with Crippen LogP contribution < -0.4 is 14.4 Å². The Balaban J connectivity index is 1.98. The molecule has 0 bridgehead atoms. The maximum Gasteiger partial charge on any atom is 0.234 e. The summed E-state index contributed by atoms with van der Waals surface area (Å²) in [7, 11) is 3.23. The number of amides is 1. The normalized spacial score (nSPS) is 16.2. The summed E-state index contributed by atoms with van der Waals surface area (Å²) in [5.74, 6) is 1.32. The first-order chi connectivity index (χ1) is 11.6. The SMILES string of the molecule is CCN1C(=O)C(Cc2cc(OC)c(OC)cc2Br)c2ccccc21. The van der Waals surface area contributed by atoms with Gasteiger partial charge in [-0.3, -0.25) is 4.79 Å². The van der Waals surface area contributed by atoms with Gasteiger partial charge in [0, 0.05) is 16.7 Å². The van der Waals surface area contributed by atoms with Crippen molar-refractivity contribution in [1.29, 1.82) is 0 Å². The molecule has 0 N–H and O–H groups in total. The smallest absolute Gasteiger partial charge is 0.234 e. The lowest BCUT2D eigenvalue weighted by atomic mass is 9.93. The Kier molecular flexibility index (Phi) is 4.81. The molecule has 3 rings (SSSR count). The fourth-order valence-corrected chi connectivity index (χ4v) is 3.75. The average Bonchev–Trinajstić information content (AvgIpc) is 2.87. The van der Waals surface area contributed by atoms with Gasteiger partial charge in [-0.2, -0.15) is 0 Å². The largest absolute Gasteiger partial charge is 0.493 e. The highest BCUT2D eigenvalue weighted by Gasteiger charge is 2.36. The molecule has 0 fully saturated rings. The summed E-state index contributed by atoms with van der Waals surface area (Å²) in [4.78, 5) is 14.7. The lowest BCUT2D eigenvalue weighted by Gasteiger charge is -2.16. The van der Waals surface area contributed by atoms with Crippen molar-refractivity contribution in [3.8, 4) is 11.5 Å². The molecule has 24 heavy (non-hydrogen) atoms. The van der Waals surface area contributed by atoms with Gasteiger partial charge in [-0.05, 0) is 42.7 Å². The molecule has 1 aliphatic rings. The Labute approximate surface area is 150 Å². The zero-order valence-corrected chi connectivity index (χ0v) is 15.6. The van der Waals surface area contributed by atoms with Gasteiger partial charge in [0.05, 0.1) is 20.1 Å². The molecule has 2 aromatic carbocycles. The molecule has 0 saturated carbocycles. The number of hydrogen-bond acceptors (Lipinski definition) is 3. The van der Waals surface area contributed by atoms with Crippen LogP contribution in [-0.4, -0.2) is 26.7 Å². The minimum Gasteiger partial charge on any atom is -0.493 e. The molecule has 5 heteroatoms. The van der Waals surface area contributed by atoms with Gasteiger partial charge in [0.2, 0.25) is 5.91 Å². The van der Waals surface area contributed by atoms with E-state index >= 15 is 0 Å². The van der Waals surface area contributed by atoms with Crippen molar-refractivity contribution in [2.45, 2.75) is 19.3 Å². The second kappa shape index (κ2) is 6.85. The Bertz CT molecular complexity index is 775. The van der Waals surface area contributed by atoms with E-state index in [2.05, 4.69) is 15.9 Å². The van der Waals surface area contributed by atoms with E-state index in [0.717, 1.165) is 21.3 Å². The predicted octanol–water partition coefficient (Wildman–Crippen LogP) is 4.16. The number of methoxy groups -OCH3 is 2. The van der Waals surface area contributed by atoms with Crippen molar-refractivity contribution in [2.24, 2.45) is 0 Å². The van der Waals surface area contributed by atoms with E-state index in [9.17, 15) is 4.79 Å². The van der Waals surface area contributed by atoms with Gasteiger partial charge in [0.15, 0.2) is 11.5 Å². The minimum absolute atomic E-state index is 0.153. The molecule has 0 aromatic heterocycles. The van der Waals surface area contributed by atoms with Crippen LogP contribution >= 0.6 is 15.9 Å². The van der Waals surface area contributed by atoms with Crippen LogP contribution in [0.3, 0.4) is 0 Å². The van der Waals surface area contributed by atoms with Crippen molar-refractivity contribution < 1.29 is 14.3 Å². The molecule has 0 spiro atoms. The van der Waals surface area contributed by atoms with Gasteiger partial charge >= 0.3 is 0 Å². The van der Waals surface area contributed by atoms with E-state index in [1.54, 1.807) is 14.2 Å². The third kappa shape index (κ3) is 2.77. The zero-order chi connectivity index (χ0) is 17.3. The van der Waals surface area contributed by atoms with E-state index in [0.29, 0.717) is 24.5 Å². The van der Waals surface area contributed by atoms with E-state index in [4.69, 9.17) is 9.47 Å². The number of likely N-dealkylation sites (N-methyl/N-ethyl adjacent to an activating group) is 1. The highest BCUT2D eigenvalue weighted by molar-refractivity contribution is 9.10. The monoisotopic (exact) mass is 389 g/mol. The summed E-state index contributed by atoms with van der Waals surface area (Å²) in [6, 6.07) is 11.8. The molecule has 1 unspecified atom stereocenters. The quantitative estimate of drug-likeness (QED) is 0.770. The van der Waals surface area contributed by atoms with Crippen LogP contribution in [0, 0.1) is 0 Å². The first-order valence-electron chi connectivity index (χ1n) is 7.91. The van der Waals surface area contributed by atoms with Gasteiger partial charge in [0.1, 0.15) is 0 Å². The summed E-state index contributed by atoms with van der Waals surface area (Å²) in [6.07, 6.45) is 0.618. The third-order valence-electron chi connectivity index (χ3n) is 4.46. The molecule has 1 atom stereocenters. The highest BCUT2D eigenvalue weighted by atomic mass is 79.9. The Morgan fingerprint density at radius 3 is 2.46 bits per heavy atom. The van der Waals surface area contributed by atoms with Crippen LogP contribution in [0.15, 0.2) is 40.9 Å². The molecule has 4 nitrogen and oxygen atoms in total. The number of hydrogen-bond donors (Lipinski definition) is 0. The van der Waals surface area contributed by atoms with Crippen molar-refractivity contribution in [1.82, 2.24) is 0 Å². The average molecular weight is 390 g/mol. The Morgan fingerprint density at radius 2 is 1.79 bits per heavy atom. The van der Waals surface area contributed by atoms with Gasteiger partial charge in [-0.1, -0.05) is 34.1 Å². The van der Waals surface area contributed by atoms with E-state index in [1.165, 1.54) is 0 Å². The zero-order valence-electron chi connectivity index (χ0n) is 14.0. The molecular weight excluding hydrogens is 370 g/mol. The van der Waals surface area contributed by atoms with Gasteiger partial charge in [0.25, 0.3) is 0 Å². The van der Waals surface area contributed by atoms with E-state index in [1.807, 2.05) is 48.2 Å². The molecule has 1 aliphatic heterocycles. The molecule has 126 valence electrons. The van der Waals surface area contributed by atoms with Gasteiger partial charge < -0.3 is 14.4 Å². The molecule has 0 aliphatic carbocycles. The Morgan fingerprint density at radius 1 is 1.12 bits per heavy atom. The maximum atomic E-state index is 12.8. The van der Waals surface area contributed by atoms with Gasteiger partial charge in [-0.25, -0.2) is 0 Å². The van der Waals surface area contributed by atoms with Crippen molar-refractivity contribution >= 4 is 27.5 Å². The summed E-state index contributed by atoms with van der Waals surface area (Å²) in [5, 5.41) is 0. The number of carbonyl (C=O) groups excluding carboxylic acids is 1. The van der Waals surface area contributed by atoms with Gasteiger partial charge in [-0.15, -0.1) is 0 Å². The van der Waals surface area contributed by atoms with Crippen LogP contribution in [0.5, 0.6) is 11.5 Å². The Hall–Kier alpha value is -2.01. The standard InChI is InChI=1S/C19H20BrNO3/c1-4-21-16-8-6-5-7-13(16)14(19(21)22)9-12-10-17(23-2)18(24-3)11-15(12)20/h5-8,10-11,14H,4,9H2,1-3H3. The fraction of sp³-hybridized carbons (Fsp3) is 0.316. The molecule has 1 amide bonds. The van der Waals surface area contributed by atoms with Crippen LogP contribution in [0.2, 0.25) is 0 Å². The minimum atomic E-state index is -0.171. The second-order valence-electron chi connectivity index (χ2n) is 5.70. The van der Waals surface area contributed by atoms with Crippen LogP contribution in [0.4, 0.5) is 5.69 Å². The first kappa shape index (κ1) is 16.8. The van der Waals surface area contributed by atoms with Crippen LogP contribution in [-0.2, 0) is 11.2 Å². The molecular formula is C19H20BrNO3. The molecule has 2 aromatic rings. The number of carbonyl (C=O) groups is 1. The maximum absolute atomic E-state index is 12.8. The summed E-state index contributed by atoms with van der Waals surface area (Å²) in [6.45, 7) is 2.68.